The first-order valence-corrected chi connectivity index (χ1v) is 4.32. The van der Waals surface area contributed by atoms with Gasteiger partial charge >= 0.3 is 0 Å². The van der Waals surface area contributed by atoms with Crippen molar-refractivity contribution < 1.29 is 4.42 Å². The Labute approximate surface area is 77.6 Å². The molecule has 0 aromatic carbocycles. The maximum atomic E-state index is 8.50. The van der Waals surface area contributed by atoms with Crippen LogP contribution >= 0.6 is 0 Å². The van der Waals surface area contributed by atoms with Gasteiger partial charge in [0.05, 0.1) is 24.9 Å². The number of nitrogens with one attached hydrogen (secondary N) is 1. The molecule has 1 N–H and O–H groups in total. The Morgan fingerprint density at radius 2 is 2.54 bits per heavy atom. The summed E-state index contributed by atoms with van der Waals surface area (Å²) in [6.07, 6.45) is 2.56. The quantitative estimate of drug-likeness (QED) is 0.755. The van der Waals surface area contributed by atoms with Crippen LogP contribution in [0.15, 0.2) is 10.6 Å². The molecule has 0 fully saturated rings. The zero-order valence-electron chi connectivity index (χ0n) is 7.87. The molecule has 0 saturated carbocycles. The molecule has 0 aliphatic carbocycles. The Morgan fingerprint density at radius 3 is 3.08 bits per heavy atom. The van der Waals surface area contributed by atoms with Gasteiger partial charge in [0, 0.05) is 6.42 Å². The minimum atomic E-state index is -0.169. The molecule has 0 bridgehead atoms. The van der Waals surface area contributed by atoms with Crippen molar-refractivity contribution in [1.82, 2.24) is 10.3 Å². The van der Waals surface area contributed by atoms with Gasteiger partial charge in [0.25, 0.3) is 0 Å². The molecular formula is C9H13N3O. The molecule has 0 spiro atoms. The van der Waals surface area contributed by atoms with Gasteiger partial charge in [0.15, 0.2) is 0 Å². The summed E-state index contributed by atoms with van der Waals surface area (Å²) in [6, 6.07) is 1.91. The minimum absolute atomic E-state index is 0.169. The van der Waals surface area contributed by atoms with Crippen molar-refractivity contribution >= 4 is 0 Å². The third-order valence-electron chi connectivity index (χ3n) is 1.70. The van der Waals surface area contributed by atoms with Gasteiger partial charge in [-0.3, -0.25) is 5.32 Å². The van der Waals surface area contributed by atoms with Crippen LogP contribution in [0.5, 0.6) is 0 Å². The number of oxazole rings is 1. The van der Waals surface area contributed by atoms with Gasteiger partial charge in [-0.25, -0.2) is 4.98 Å². The van der Waals surface area contributed by atoms with Gasteiger partial charge < -0.3 is 4.42 Å². The Kier molecular flexibility index (Phi) is 3.47. The lowest BCUT2D eigenvalue weighted by molar-refractivity contribution is 0.434. The maximum absolute atomic E-state index is 8.50. The number of nitrogens with zero attached hydrogens (tertiary/aromatic N) is 2. The minimum Gasteiger partial charge on any atom is -0.444 e. The second-order valence-electron chi connectivity index (χ2n) is 2.81. The molecule has 4 heteroatoms. The zero-order valence-corrected chi connectivity index (χ0v) is 7.87. The Balaban J connectivity index is 2.42. The van der Waals surface area contributed by atoms with Crippen LogP contribution < -0.4 is 5.32 Å². The van der Waals surface area contributed by atoms with Crippen LogP contribution in [0, 0.1) is 11.3 Å². The van der Waals surface area contributed by atoms with Crippen LogP contribution in [-0.2, 0) is 13.0 Å². The summed E-state index contributed by atoms with van der Waals surface area (Å²) >= 11 is 0. The highest BCUT2D eigenvalue weighted by Crippen LogP contribution is 2.03. The fraction of sp³-hybridized carbons (Fsp3) is 0.556. The molecule has 1 atom stereocenters. The molecule has 0 amide bonds. The first-order valence-electron chi connectivity index (χ1n) is 4.32. The molecule has 1 rings (SSSR count). The van der Waals surface area contributed by atoms with Crippen LogP contribution in [0.25, 0.3) is 0 Å². The maximum Gasteiger partial charge on any atom is 0.208 e. The Morgan fingerprint density at radius 1 is 1.77 bits per heavy atom. The molecule has 4 nitrogen and oxygen atoms in total. The van der Waals surface area contributed by atoms with Crippen LogP contribution in [0.4, 0.5) is 0 Å². The van der Waals surface area contributed by atoms with Crippen molar-refractivity contribution in [2.24, 2.45) is 0 Å². The normalized spacial score (nSPS) is 12.4. The van der Waals surface area contributed by atoms with Crippen LogP contribution in [0.1, 0.15) is 25.5 Å². The van der Waals surface area contributed by atoms with Crippen LogP contribution in [0.2, 0.25) is 0 Å². The van der Waals surface area contributed by atoms with Crippen molar-refractivity contribution in [3.05, 3.63) is 17.8 Å². The van der Waals surface area contributed by atoms with Gasteiger partial charge in [0.2, 0.25) is 5.89 Å². The summed E-state index contributed by atoms with van der Waals surface area (Å²) in [7, 11) is 0. The molecule has 0 saturated heterocycles. The van der Waals surface area contributed by atoms with E-state index in [-0.39, 0.29) is 6.04 Å². The first-order chi connectivity index (χ1) is 6.26. The smallest absolute Gasteiger partial charge is 0.208 e. The van der Waals surface area contributed by atoms with Crippen molar-refractivity contribution in [2.75, 3.05) is 0 Å². The number of rotatable bonds is 4. The second kappa shape index (κ2) is 4.63. The molecule has 1 unspecified atom stereocenters. The van der Waals surface area contributed by atoms with Gasteiger partial charge in [-0.15, -0.1) is 0 Å². The lowest BCUT2D eigenvalue weighted by atomic mass is 10.4. The molecule has 0 radical (unpaired) electrons. The van der Waals surface area contributed by atoms with E-state index in [0.717, 1.165) is 12.2 Å². The molecule has 1 aromatic heterocycles. The summed E-state index contributed by atoms with van der Waals surface area (Å²) < 4.78 is 5.34. The zero-order chi connectivity index (χ0) is 9.68. The van der Waals surface area contributed by atoms with Crippen LogP contribution in [0.3, 0.4) is 0 Å². The number of aromatic nitrogens is 1. The second-order valence-corrected chi connectivity index (χ2v) is 2.81. The van der Waals surface area contributed by atoms with Crippen LogP contribution in [-0.4, -0.2) is 11.0 Å². The van der Waals surface area contributed by atoms with Gasteiger partial charge in [-0.05, 0) is 6.92 Å². The van der Waals surface area contributed by atoms with E-state index in [1.807, 2.05) is 6.92 Å². The highest BCUT2D eigenvalue weighted by atomic mass is 16.4. The third-order valence-corrected chi connectivity index (χ3v) is 1.70. The summed E-state index contributed by atoms with van der Waals surface area (Å²) in [5.41, 5.74) is 0. The van der Waals surface area contributed by atoms with Crippen molar-refractivity contribution in [1.29, 1.82) is 5.26 Å². The largest absolute Gasteiger partial charge is 0.444 e. The lowest BCUT2D eigenvalue weighted by Gasteiger charge is -2.01. The SMILES string of the molecule is CCc1cnc(CNC(C)C#N)o1. The molecule has 13 heavy (non-hydrogen) atoms. The average Bonchev–Trinajstić information content (AvgIpc) is 2.61. The number of hydrogen-bond donors (Lipinski definition) is 1. The fourth-order valence-electron chi connectivity index (χ4n) is 0.879. The molecular weight excluding hydrogens is 166 g/mol. The molecule has 0 aliphatic heterocycles. The summed E-state index contributed by atoms with van der Waals surface area (Å²) in [5.74, 6) is 1.51. The van der Waals surface area contributed by atoms with Gasteiger partial charge in [-0.2, -0.15) is 5.26 Å². The van der Waals surface area contributed by atoms with E-state index < -0.39 is 0 Å². The van der Waals surface area contributed by atoms with Crippen molar-refractivity contribution in [2.45, 2.75) is 32.9 Å². The summed E-state index contributed by atoms with van der Waals surface area (Å²) in [6.45, 7) is 4.31. The highest BCUT2D eigenvalue weighted by molar-refractivity contribution is 4.94. The van der Waals surface area contributed by atoms with Gasteiger partial charge in [0.1, 0.15) is 5.76 Å². The molecule has 0 aliphatic rings. The number of hydrogen-bond acceptors (Lipinski definition) is 4. The lowest BCUT2D eigenvalue weighted by Crippen LogP contribution is -2.23. The standard InChI is InChI=1S/C9H13N3O/c1-3-8-5-12-9(13-8)6-11-7(2)4-10/h5,7,11H,3,6H2,1-2H3. The highest BCUT2D eigenvalue weighted by Gasteiger charge is 2.03. The topological polar surface area (TPSA) is 61.9 Å². The number of nitriles is 1. The monoisotopic (exact) mass is 179 g/mol. The van der Waals surface area contributed by atoms with E-state index in [9.17, 15) is 0 Å². The Bertz CT molecular complexity index is 300. The molecule has 1 heterocycles. The predicted octanol–water partition coefficient (Wildman–Crippen LogP) is 1.24. The summed E-state index contributed by atoms with van der Waals surface area (Å²) in [4.78, 5) is 4.05. The van der Waals surface area contributed by atoms with E-state index in [0.29, 0.717) is 12.4 Å². The van der Waals surface area contributed by atoms with Crippen molar-refractivity contribution in [3.63, 3.8) is 0 Å². The molecule has 1 aromatic rings. The fourth-order valence-corrected chi connectivity index (χ4v) is 0.879. The van der Waals surface area contributed by atoms with E-state index in [1.165, 1.54) is 0 Å². The van der Waals surface area contributed by atoms with E-state index >= 15 is 0 Å². The van der Waals surface area contributed by atoms with E-state index in [2.05, 4.69) is 16.4 Å². The molecule has 70 valence electrons. The predicted molar refractivity (Wildman–Crippen MR) is 47.8 cm³/mol. The number of aryl methyl sites for hydroxylation is 1. The first kappa shape index (κ1) is 9.75. The van der Waals surface area contributed by atoms with Gasteiger partial charge in [-0.1, -0.05) is 6.92 Å². The Hall–Kier alpha value is -1.34. The van der Waals surface area contributed by atoms with E-state index in [1.54, 1.807) is 13.1 Å². The average molecular weight is 179 g/mol. The van der Waals surface area contributed by atoms with E-state index in [4.69, 9.17) is 9.68 Å². The van der Waals surface area contributed by atoms with Crippen molar-refractivity contribution in [3.8, 4) is 6.07 Å². The third kappa shape index (κ3) is 2.88. The summed E-state index contributed by atoms with van der Waals surface area (Å²) in [5, 5.41) is 11.5.